The van der Waals surface area contributed by atoms with Crippen LogP contribution in [0.1, 0.15) is 18.1 Å². The van der Waals surface area contributed by atoms with Gasteiger partial charge in [0, 0.05) is 5.02 Å². The van der Waals surface area contributed by atoms with Gasteiger partial charge < -0.3 is 5.32 Å². The van der Waals surface area contributed by atoms with Gasteiger partial charge in [0.25, 0.3) is 5.91 Å². The van der Waals surface area contributed by atoms with E-state index >= 15 is 0 Å². The van der Waals surface area contributed by atoms with E-state index in [1.807, 2.05) is 18.2 Å². The number of carbonyl (C=O) groups excluding carboxylic acids is 2. The molecule has 3 rings (SSSR count). The zero-order valence-corrected chi connectivity index (χ0v) is 13.1. The van der Waals surface area contributed by atoms with E-state index in [0.717, 1.165) is 10.6 Å². The molecule has 1 saturated heterocycles. The summed E-state index contributed by atoms with van der Waals surface area (Å²) in [5.74, 6) is -0.418. The minimum Gasteiger partial charge on any atom is -0.318 e. The highest BCUT2D eigenvalue weighted by Gasteiger charge is 2.49. The first-order chi connectivity index (χ1) is 11.0. The normalized spacial score (nSPS) is 21.0. The van der Waals surface area contributed by atoms with Crippen molar-refractivity contribution in [3.8, 4) is 0 Å². The molecule has 0 spiro atoms. The number of imide groups is 1. The van der Waals surface area contributed by atoms with Crippen molar-refractivity contribution in [2.45, 2.75) is 12.5 Å². The Morgan fingerprint density at radius 1 is 1.09 bits per heavy atom. The molecule has 5 nitrogen and oxygen atoms in total. The maximum absolute atomic E-state index is 12.6. The molecule has 23 heavy (non-hydrogen) atoms. The van der Waals surface area contributed by atoms with Crippen molar-refractivity contribution in [1.29, 1.82) is 0 Å². The van der Waals surface area contributed by atoms with E-state index < -0.39 is 17.5 Å². The van der Waals surface area contributed by atoms with Crippen LogP contribution in [0.15, 0.2) is 59.7 Å². The molecule has 3 amide bonds. The van der Waals surface area contributed by atoms with Gasteiger partial charge in [0.05, 0.1) is 6.21 Å². The van der Waals surface area contributed by atoms with Gasteiger partial charge in [-0.15, -0.1) is 5.01 Å². The third kappa shape index (κ3) is 2.83. The average molecular weight is 328 g/mol. The van der Waals surface area contributed by atoms with E-state index in [2.05, 4.69) is 10.4 Å². The number of nitrogens with zero attached hydrogens (tertiary/aromatic N) is 2. The molecule has 2 aromatic rings. The van der Waals surface area contributed by atoms with E-state index in [-0.39, 0.29) is 0 Å². The Morgan fingerprint density at radius 3 is 2.39 bits per heavy atom. The van der Waals surface area contributed by atoms with Crippen molar-refractivity contribution in [3.63, 3.8) is 0 Å². The highest BCUT2D eigenvalue weighted by Crippen LogP contribution is 2.28. The van der Waals surface area contributed by atoms with Crippen LogP contribution in [0.4, 0.5) is 4.79 Å². The monoisotopic (exact) mass is 327 g/mol. The van der Waals surface area contributed by atoms with E-state index in [1.54, 1.807) is 43.3 Å². The van der Waals surface area contributed by atoms with Gasteiger partial charge in [0.15, 0.2) is 0 Å². The molecule has 1 atom stereocenters. The third-order valence-electron chi connectivity index (χ3n) is 3.71. The maximum atomic E-state index is 12.6. The van der Waals surface area contributed by atoms with Gasteiger partial charge >= 0.3 is 6.03 Å². The zero-order chi connectivity index (χ0) is 16.4. The number of halogens is 1. The van der Waals surface area contributed by atoms with Crippen LogP contribution in [-0.4, -0.2) is 23.2 Å². The van der Waals surface area contributed by atoms with Crippen LogP contribution < -0.4 is 5.32 Å². The van der Waals surface area contributed by atoms with Crippen LogP contribution in [0.2, 0.25) is 5.02 Å². The lowest BCUT2D eigenvalue weighted by Gasteiger charge is -2.20. The second kappa shape index (κ2) is 5.85. The Kier molecular flexibility index (Phi) is 3.88. The highest BCUT2D eigenvalue weighted by atomic mass is 35.5. The Labute approximate surface area is 138 Å². The molecule has 0 unspecified atom stereocenters. The van der Waals surface area contributed by atoms with Gasteiger partial charge in [0.2, 0.25) is 0 Å². The van der Waals surface area contributed by atoms with Gasteiger partial charge in [-0.25, -0.2) is 4.79 Å². The first-order valence-corrected chi connectivity index (χ1v) is 7.40. The number of benzene rings is 2. The van der Waals surface area contributed by atoms with E-state index in [4.69, 9.17) is 11.6 Å². The van der Waals surface area contributed by atoms with Gasteiger partial charge in [-0.3, -0.25) is 4.79 Å². The first kappa shape index (κ1) is 15.2. The van der Waals surface area contributed by atoms with Crippen LogP contribution in [0.25, 0.3) is 0 Å². The first-order valence-electron chi connectivity index (χ1n) is 7.02. The van der Waals surface area contributed by atoms with E-state index in [9.17, 15) is 9.59 Å². The summed E-state index contributed by atoms with van der Waals surface area (Å²) in [4.78, 5) is 24.7. The van der Waals surface area contributed by atoms with Gasteiger partial charge in [0.1, 0.15) is 5.54 Å². The minimum atomic E-state index is -1.12. The fourth-order valence-corrected chi connectivity index (χ4v) is 2.50. The van der Waals surface area contributed by atoms with Crippen molar-refractivity contribution < 1.29 is 9.59 Å². The minimum absolute atomic E-state index is 0.418. The van der Waals surface area contributed by atoms with Crippen molar-refractivity contribution in [2.24, 2.45) is 5.10 Å². The van der Waals surface area contributed by atoms with E-state index in [0.29, 0.717) is 10.6 Å². The number of nitrogens with one attached hydrogen (secondary N) is 1. The number of urea groups is 1. The molecule has 0 bridgehead atoms. The van der Waals surface area contributed by atoms with Crippen molar-refractivity contribution in [3.05, 3.63) is 70.7 Å². The summed E-state index contributed by atoms with van der Waals surface area (Å²) in [6, 6.07) is 15.5. The molecule has 0 aromatic heterocycles. The molecule has 0 saturated carbocycles. The number of hydrogen-bond acceptors (Lipinski definition) is 3. The lowest BCUT2D eigenvalue weighted by atomic mass is 9.92. The Morgan fingerprint density at radius 2 is 1.74 bits per heavy atom. The molecule has 1 aliphatic heterocycles. The number of hydrogen-bond donors (Lipinski definition) is 1. The standard InChI is InChI=1S/C17H14ClN3O2/c1-17(13-5-3-2-4-6-13)15(22)21(16(23)20-17)19-11-12-7-9-14(18)10-8-12/h2-11H,1H3,(H,20,23)/b19-11-/t17-/m1/s1. The summed E-state index contributed by atoms with van der Waals surface area (Å²) in [6.07, 6.45) is 1.45. The molecule has 6 heteroatoms. The molecule has 1 heterocycles. The summed E-state index contributed by atoms with van der Waals surface area (Å²) >= 11 is 5.82. The summed E-state index contributed by atoms with van der Waals surface area (Å²) in [6.45, 7) is 1.67. The lowest BCUT2D eigenvalue weighted by molar-refractivity contribution is -0.131. The van der Waals surface area contributed by atoms with Crippen molar-refractivity contribution in [1.82, 2.24) is 10.3 Å². The third-order valence-corrected chi connectivity index (χ3v) is 3.96. The predicted molar refractivity (Wildman–Crippen MR) is 88.2 cm³/mol. The lowest BCUT2D eigenvalue weighted by Crippen LogP contribution is -2.40. The second-order valence-corrected chi connectivity index (χ2v) is 5.77. The smallest absolute Gasteiger partial charge is 0.318 e. The molecular formula is C17H14ClN3O2. The van der Waals surface area contributed by atoms with Crippen LogP contribution in [0.3, 0.4) is 0 Å². The molecule has 0 aliphatic carbocycles. The Bertz CT molecular complexity index is 774. The van der Waals surface area contributed by atoms with E-state index in [1.165, 1.54) is 6.21 Å². The maximum Gasteiger partial charge on any atom is 0.346 e. The molecule has 0 radical (unpaired) electrons. The largest absolute Gasteiger partial charge is 0.346 e. The summed E-state index contributed by atoms with van der Waals surface area (Å²) in [7, 11) is 0. The van der Waals surface area contributed by atoms with Crippen molar-refractivity contribution in [2.75, 3.05) is 0 Å². The van der Waals surface area contributed by atoms with Crippen LogP contribution in [0.5, 0.6) is 0 Å². The molecule has 1 fully saturated rings. The molecule has 116 valence electrons. The zero-order valence-electron chi connectivity index (χ0n) is 12.4. The van der Waals surface area contributed by atoms with Crippen LogP contribution in [0, 0.1) is 0 Å². The van der Waals surface area contributed by atoms with Gasteiger partial charge in [-0.1, -0.05) is 54.1 Å². The van der Waals surface area contributed by atoms with Gasteiger partial charge in [-0.05, 0) is 30.2 Å². The summed E-state index contributed by atoms with van der Waals surface area (Å²) in [5, 5.41) is 8.16. The second-order valence-electron chi connectivity index (χ2n) is 5.33. The van der Waals surface area contributed by atoms with Gasteiger partial charge in [-0.2, -0.15) is 5.10 Å². The van der Waals surface area contributed by atoms with Crippen LogP contribution >= 0.6 is 11.6 Å². The molecular weight excluding hydrogens is 314 g/mol. The quantitative estimate of drug-likeness (QED) is 0.695. The summed E-state index contributed by atoms with van der Waals surface area (Å²) in [5.41, 5.74) is 0.334. The fraction of sp³-hybridized carbons (Fsp3) is 0.118. The fourth-order valence-electron chi connectivity index (χ4n) is 2.37. The molecule has 1 aliphatic rings. The summed E-state index contributed by atoms with van der Waals surface area (Å²) < 4.78 is 0. The molecule has 2 aromatic carbocycles. The Balaban J connectivity index is 1.86. The number of rotatable bonds is 3. The SMILES string of the molecule is C[C@]1(c2ccccc2)NC(=O)N(/N=C\c2ccc(Cl)cc2)C1=O. The van der Waals surface area contributed by atoms with Crippen LogP contribution in [-0.2, 0) is 10.3 Å². The van der Waals surface area contributed by atoms with Crippen molar-refractivity contribution >= 4 is 29.8 Å². The Hall–Kier alpha value is -2.66. The number of amides is 3. The topological polar surface area (TPSA) is 61.8 Å². The highest BCUT2D eigenvalue weighted by molar-refractivity contribution is 6.30. The number of carbonyl (C=O) groups is 2. The molecule has 1 N–H and O–H groups in total. The number of hydrazone groups is 1. The average Bonchev–Trinajstić information content (AvgIpc) is 2.78. The predicted octanol–water partition coefficient (Wildman–Crippen LogP) is 3.14.